The van der Waals surface area contributed by atoms with Crippen LogP contribution < -0.4 is 0 Å². The maximum absolute atomic E-state index is 8.54. The molecule has 0 spiro atoms. The van der Waals surface area contributed by atoms with Crippen LogP contribution in [-0.4, -0.2) is 11.7 Å². The molecule has 0 bridgehead atoms. The molecule has 0 aliphatic heterocycles. The lowest BCUT2D eigenvalue weighted by atomic mass is 10.2. The van der Waals surface area contributed by atoms with E-state index >= 15 is 0 Å². The average Bonchev–Trinajstić information content (AvgIpc) is 2.05. The van der Waals surface area contributed by atoms with E-state index < -0.39 is 0 Å². The van der Waals surface area contributed by atoms with Crippen molar-refractivity contribution in [3.63, 3.8) is 0 Å². The highest BCUT2D eigenvalue weighted by Gasteiger charge is 1.87. The summed E-state index contributed by atoms with van der Waals surface area (Å²) >= 11 is 3.39. The topological polar surface area (TPSA) is 20.2 Å². The van der Waals surface area contributed by atoms with Crippen molar-refractivity contribution in [1.82, 2.24) is 0 Å². The zero-order chi connectivity index (χ0) is 8.81. The van der Waals surface area contributed by atoms with Gasteiger partial charge in [-0.15, -0.1) is 0 Å². The lowest BCUT2D eigenvalue weighted by molar-refractivity contribution is 0.303. The highest BCUT2D eigenvalue weighted by molar-refractivity contribution is 9.10. The van der Waals surface area contributed by atoms with E-state index in [1.165, 1.54) is 0 Å². The van der Waals surface area contributed by atoms with Crippen LogP contribution in [0.3, 0.4) is 0 Å². The average molecular weight is 227 g/mol. The van der Waals surface area contributed by atoms with Gasteiger partial charge in [-0.1, -0.05) is 40.2 Å². The fourth-order valence-electron chi connectivity index (χ4n) is 0.904. The van der Waals surface area contributed by atoms with E-state index in [0.717, 1.165) is 10.0 Å². The molecular formula is C10H11BrO. The summed E-state index contributed by atoms with van der Waals surface area (Å²) in [6.07, 6.45) is 4.68. The lowest BCUT2D eigenvalue weighted by Crippen LogP contribution is -1.76. The molecule has 0 aliphatic rings. The van der Waals surface area contributed by atoms with Gasteiger partial charge in [0.15, 0.2) is 0 Å². The van der Waals surface area contributed by atoms with Crippen LogP contribution in [0.5, 0.6) is 0 Å². The fourth-order valence-corrected chi connectivity index (χ4v) is 1.32. The minimum absolute atomic E-state index is 0.213. The summed E-state index contributed by atoms with van der Waals surface area (Å²) in [4.78, 5) is 0. The second kappa shape index (κ2) is 5.12. The first kappa shape index (κ1) is 9.49. The Kier molecular flexibility index (Phi) is 4.05. The standard InChI is InChI=1S/C10H11BrO/c11-10-6-3-5-9(8-10)4-1-2-7-12/h1,3-6,8,12H,2,7H2/b4-1-. The first-order valence-electron chi connectivity index (χ1n) is 3.86. The molecule has 1 aromatic carbocycles. The maximum Gasteiger partial charge on any atom is 0.0465 e. The van der Waals surface area contributed by atoms with Gasteiger partial charge in [-0.3, -0.25) is 0 Å². The van der Waals surface area contributed by atoms with Gasteiger partial charge in [0, 0.05) is 11.1 Å². The number of aliphatic hydroxyl groups is 1. The second-order valence-corrected chi connectivity index (χ2v) is 3.39. The molecule has 2 heteroatoms. The summed E-state index contributed by atoms with van der Waals surface area (Å²) in [6.45, 7) is 0.213. The predicted octanol–water partition coefficient (Wildman–Crippen LogP) is 2.84. The molecule has 0 amide bonds. The van der Waals surface area contributed by atoms with Crippen LogP contribution in [0.4, 0.5) is 0 Å². The summed E-state index contributed by atoms with van der Waals surface area (Å²) in [5.74, 6) is 0. The van der Waals surface area contributed by atoms with Crippen LogP contribution in [0.15, 0.2) is 34.8 Å². The Morgan fingerprint density at radius 1 is 1.42 bits per heavy atom. The normalized spacial score (nSPS) is 10.8. The summed E-state index contributed by atoms with van der Waals surface area (Å²) < 4.78 is 1.08. The molecule has 1 aromatic rings. The van der Waals surface area contributed by atoms with Gasteiger partial charge in [0.25, 0.3) is 0 Å². The van der Waals surface area contributed by atoms with Gasteiger partial charge in [-0.05, 0) is 24.1 Å². The van der Waals surface area contributed by atoms with Gasteiger partial charge in [-0.25, -0.2) is 0 Å². The van der Waals surface area contributed by atoms with E-state index in [0.29, 0.717) is 6.42 Å². The van der Waals surface area contributed by atoms with Crippen molar-refractivity contribution in [3.05, 3.63) is 40.4 Å². The lowest BCUT2D eigenvalue weighted by Gasteiger charge is -1.93. The van der Waals surface area contributed by atoms with Crippen LogP contribution in [0.2, 0.25) is 0 Å². The molecule has 1 N–H and O–H groups in total. The van der Waals surface area contributed by atoms with Gasteiger partial charge in [0.2, 0.25) is 0 Å². The highest BCUT2D eigenvalue weighted by atomic mass is 79.9. The highest BCUT2D eigenvalue weighted by Crippen LogP contribution is 2.12. The quantitative estimate of drug-likeness (QED) is 0.841. The van der Waals surface area contributed by atoms with Crippen LogP contribution >= 0.6 is 15.9 Å². The maximum atomic E-state index is 8.54. The molecule has 0 saturated heterocycles. The van der Waals surface area contributed by atoms with Gasteiger partial charge >= 0.3 is 0 Å². The van der Waals surface area contributed by atoms with Gasteiger partial charge in [0.05, 0.1) is 0 Å². The van der Waals surface area contributed by atoms with Crippen molar-refractivity contribution in [1.29, 1.82) is 0 Å². The summed E-state index contributed by atoms with van der Waals surface area (Å²) in [5.41, 5.74) is 1.15. The van der Waals surface area contributed by atoms with Crippen LogP contribution in [0.25, 0.3) is 6.08 Å². The molecule has 0 heterocycles. The first-order valence-corrected chi connectivity index (χ1v) is 4.65. The number of aliphatic hydroxyl groups excluding tert-OH is 1. The van der Waals surface area contributed by atoms with E-state index in [4.69, 9.17) is 5.11 Å². The third kappa shape index (κ3) is 3.20. The summed E-state index contributed by atoms with van der Waals surface area (Å²) in [5, 5.41) is 8.54. The first-order chi connectivity index (χ1) is 5.83. The molecule has 1 nitrogen and oxygen atoms in total. The molecule has 0 saturated carbocycles. The molecule has 64 valence electrons. The predicted molar refractivity (Wildman–Crippen MR) is 54.9 cm³/mol. The van der Waals surface area contributed by atoms with Crippen molar-refractivity contribution >= 4 is 22.0 Å². The van der Waals surface area contributed by atoms with Crippen LogP contribution in [-0.2, 0) is 0 Å². The van der Waals surface area contributed by atoms with Crippen LogP contribution in [0.1, 0.15) is 12.0 Å². The molecular weight excluding hydrogens is 216 g/mol. The zero-order valence-electron chi connectivity index (χ0n) is 6.70. The van der Waals surface area contributed by atoms with E-state index in [1.807, 2.05) is 36.4 Å². The second-order valence-electron chi connectivity index (χ2n) is 2.47. The fraction of sp³-hybridized carbons (Fsp3) is 0.200. The van der Waals surface area contributed by atoms with Gasteiger partial charge < -0.3 is 5.11 Å². The Balaban J connectivity index is 2.63. The number of halogens is 1. The molecule has 12 heavy (non-hydrogen) atoms. The van der Waals surface area contributed by atoms with Gasteiger partial charge in [-0.2, -0.15) is 0 Å². The van der Waals surface area contributed by atoms with Crippen molar-refractivity contribution in [2.75, 3.05) is 6.61 Å². The van der Waals surface area contributed by atoms with Gasteiger partial charge in [0.1, 0.15) is 0 Å². The summed E-state index contributed by atoms with van der Waals surface area (Å²) in [6, 6.07) is 8.04. The number of hydrogen-bond acceptors (Lipinski definition) is 1. The molecule has 1 rings (SSSR count). The Labute approximate surface area is 80.9 Å². The Morgan fingerprint density at radius 2 is 2.25 bits per heavy atom. The molecule has 0 atom stereocenters. The SMILES string of the molecule is OCC/C=C\c1cccc(Br)c1. The third-order valence-electron chi connectivity index (χ3n) is 1.45. The van der Waals surface area contributed by atoms with E-state index in [2.05, 4.69) is 15.9 Å². The van der Waals surface area contributed by atoms with E-state index in [-0.39, 0.29) is 6.61 Å². The van der Waals surface area contributed by atoms with Crippen molar-refractivity contribution in [2.45, 2.75) is 6.42 Å². The number of hydrogen-bond donors (Lipinski definition) is 1. The Morgan fingerprint density at radius 3 is 2.92 bits per heavy atom. The van der Waals surface area contributed by atoms with Crippen LogP contribution in [0, 0.1) is 0 Å². The minimum atomic E-state index is 0.213. The molecule has 0 radical (unpaired) electrons. The molecule has 0 fully saturated rings. The number of rotatable bonds is 3. The summed E-state index contributed by atoms with van der Waals surface area (Å²) in [7, 11) is 0. The third-order valence-corrected chi connectivity index (χ3v) is 1.95. The molecule has 0 aliphatic carbocycles. The molecule has 0 aromatic heterocycles. The van der Waals surface area contributed by atoms with Crippen molar-refractivity contribution in [3.8, 4) is 0 Å². The largest absolute Gasteiger partial charge is 0.396 e. The molecule has 0 unspecified atom stereocenters. The minimum Gasteiger partial charge on any atom is -0.396 e. The Hall–Kier alpha value is -0.600. The van der Waals surface area contributed by atoms with Crippen molar-refractivity contribution in [2.24, 2.45) is 0 Å². The monoisotopic (exact) mass is 226 g/mol. The van der Waals surface area contributed by atoms with E-state index in [9.17, 15) is 0 Å². The van der Waals surface area contributed by atoms with E-state index in [1.54, 1.807) is 0 Å². The smallest absolute Gasteiger partial charge is 0.0465 e. The van der Waals surface area contributed by atoms with Crippen molar-refractivity contribution < 1.29 is 5.11 Å². The Bertz CT molecular complexity index is 268. The number of benzene rings is 1. The zero-order valence-corrected chi connectivity index (χ0v) is 8.29.